The third-order valence-electron chi connectivity index (χ3n) is 2.51. The first-order chi connectivity index (χ1) is 7.71. The van der Waals surface area contributed by atoms with E-state index in [1.165, 1.54) is 0 Å². The first-order valence-corrected chi connectivity index (χ1v) is 7.11. The van der Waals surface area contributed by atoms with Crippen molar-refractivity contribution in [2.75, 3.05) is 0 Å². The van der Waals surface area contributed by atoms with Gasteiger partial charge >= 0.3 is 0 Å². The number of aryl methyl sites for hydroxylation is 1. The molecule has 0 fully saturated rings. The van der Waals surface area contributed by atoms with E-state index in [9.17, 15) is 0 Å². The normalized spacial score (nSPS) is 12.2. The van der Waals surface area contributed by atoms with Crippen LogP contribution < -0.4 is 0 Å². The van der Waals surface area contributed by atoms with Gasteiger partial charge in [-0.05, 0) is 28.3 Å². The summed E-state index contributed by atoms with van der Waals surface area (Å²) in [6.45, 7) is 10.8. The Kier molecular flexibility index (Phi) is 4.96. The third kappa shape index (κ3) is 4.22. The van der Waals surface area contributed by atoms with E-state index in [-0.39, 0.29) is 5.41 Å². The van der Waals surface area contributed by atoms with E-state index in [2.05, 4.69) is 60.5 Å². The minimum atomic E-state index is -0.0298. The first kappa shape index (κ1) is 14.9. The maximum absolute atomic E-state index is 6.14. The highest BCUT2D eigenvalue weighted by Gasteiger charge is 2.22. The molecule has 4 heteroatoms. The van der Waals surface area contributed by atoms with Crippen LogP contribution in [0.15, 0.2) is 4.47 Å². The van der Waals surface area contributed by atoms with Gasteiger partial charge in [0.1, 0.15) is 11.0 Å². The average molecular weight is 320 g/mol. The quantitative estimate of drug-likeness (QED) is 0.749. The van der Waals surface area contributed by atoms with Crippen molar-refractivity contribution in [1.82, 2.24) is 9.97 Å². The van der Waals surface area contributed by atoms with Gasteiger partial charge in [0, 0.05) is 11.8 Å². The summed E-state index contributed by atoms with van der Waals surface area (Å²) in [6.07, 6.45) is 1.97. The van der Waals surface area contributed by atoms with E-state index in [1.807, 2.05) is 0 Å². The molecule has 1 aromatic heterocycles. The summed E-state index contributed by atoms with van der Waals surface area (Å²) in [4.78, 5) is 8.96. The molecular formula is C13H20BrClN2. The summed E-state index contributed by atoms with van der Waals surface area (Å²) < 4.78 is 0.819. The summed E-state index contributed by atoms with van der Waals surface area (Å²) in [6, 6.07) is 0. The van der Waals surface area contributed by atoms with Crippen LogP contribution in [0.5, 0.6) is 0 Å². The van der Waals surface area contributed by atoms with Crippen LogP contribution in [0.2, 0.25) is 5.15 Å². The number of hydrogen-bond acceptors (Lipinski definition) is 2. The fourth-order valence-corrected chi connectivity index (χ4v) is 2.45. The number of hydrogen-bond donors (Lipinski definition) is 0. The Labute approximate surface area is 117 Å². The second kappa shape index (κ2) is 5.66. The lowest BCUT2D eigenvalue weighted by atomic mass is 9.92. The minimum absolute atomic E-state index is 0.0298. The molecule has 0 saturated carbocycles. The van der Waals surface area contributed by atoms with Crippen LogP contribution in [-0.4, -0.2) is 9.97 Å². The molecule has 0 bridgehead atoms. The average Bonchev–Trinajstić information content (AvgIpc) is 2.17. The Balaban J connectivity index is 3.07. The zero-order chi connectivity index (χ0) is 13.2. The van der Waals surface area contributed by atoms with Crippen LogP contribution in [-0.2, 0) is 11.8 Å². The van der Waals surface area contributed by atoms with Gasteiger partial charge < -0.3 is 0 Å². The van der Waals surface area contributed by atoms with Crippen LogP contribution in [0.3, 0.4) is 0 Å². The Morgan fingerprint density at radius 3 is 2.29 bits per heavy atom. The van der Waals surface area contributed by atoms with E-state index in [4.69, 9.17) is 11.6 Å². The highest BCUT2D eigenvalue weighted by molar-refractivity contribution is 9.10. The third-order valence-corrected chi connectivity index (χ3v) is 3.77. The fraction of sp³-hybridized carbons (Fsp3) is 0.692. The smallest absolute Gasteiger partial charge is 0.147 e. The van der Waals surface area contributed by atoms with E-state index in [0.717, 1.165) is 28.8 Å². The first-order valence-electron chi connectivity index (χ1n) is 5.94. The molecule has 0 radical (unpaired) electrons. The van der Waals surface area contributed by atoms with Gasteiger partial charge in [-0.1, -0.05) is 46.2 Å². The van der Waals surface area contributed by atoms with Crippen molar-refractivity contribution in [3.63, 3.8) is 0 Å². The van der Waals surface area contributed by atoms with Crippen molar-refractivity contribution in [2.24, 2.45) is 5.92 Å². The molecule has 2 nitrogen and oxygen atoms in total. The highest BCUT2D eigenvalue weighted by Crippen LogP contribution is 2.32. The molecule has 0 aromatic carbocycles. The maximum Gasteiger partial charge on any atom is 0.147 e. The van der Waals surface area contributed by atoms with Gasteiger partial charge in [-0.15, -0.1) is 0 Å². The van der Waals surface area contributed by atoms with Gasteiger partial charge in [0.05, 0.1) is 10.2 Å². The molecule has 0 amide bonds. The standard InChI is InChI=1S/C13H20BrClN2/c1-8(2)6-7-9-16-11(13(3,4)5)10(14)12(15)17-9/h8H,6-7H2,1-5H3. The fourth-order valence-electron chi connectivity index (χ4n) is 1.49. The summed E-state index contributed by atoms with van der Waals surface area (Å²) in [5.41, 5.74) is 0.953. The zero-order valence-corrected chi connectivity index (χ0v) is 13.5. The number of halogens is 2. The second-order valence-corrected chi connectivity index (χ2v) is 6.93. The zero-order valence-electron chi connectivity index (χ0n) is 11.1. The molecule has 0 aliphatic heterocycles. The molecule has 0 unspecified atom stereocenters. The molecule has 0 aliphatic rings. The molecule has 0 aliphatic carbocycles. The second-order valence-electron chi connectivity index (χ2n) is 5.78. The Morgan fingerprint density at radius 1 is 1.24 bits per heavy atom. The molecule has 0 spiro atoms. The van der Waals surface area contributed by atoms with Crippen molar-refractivity contribution in [3.8, 4) is 0 Å². The summed E-state index contributed by atoms with van der Waals surface area (Å²) in [7, 11) is 0. The van der Waals surface area contributed by atoms with E-state index < -0.39 is 0 Å². The van der Waals surface area contributed by atoms with E-state index in [1.54, 1.807) is 0 Å². The Morgan fingerprint density at radius 2 is 1.82 bits per heavy atom. The summed E-state index contributed by atoms with van der Waals surface area (Å²) in [5.74, 6) is 1.50. The predicted octanol–water partition coefficient (Wildman–Crippen LogP) is 4.78. The summed E-state index contributed by atoms with van der Waals surface area (Å²) >= 11 is 9.62. The van der Waals surface area contributed by atoms with Gasteiger partial charge in [0.2, 0.25) is 0 Å². The maximum atomic E-state index is 6.14. The molecule has 1 rings (SSSR count). The van der Waals surface area contributed by atoms with Gasteiger partial charge in [-0.3, -0.25) is 0 Å². The van der Waals surface area contributed by atoms with Gasteiger partial charge in [-0.2, -0.15) is 0 Å². The molecular weight excluding hydrogens is 300 g/mol. The van der Waals surface area contributed by atoms with Crippen molar-refractivity contribution in [2.45, 2.75) is 52.9 Å². The van der Waals surface area contributed by atoms with E-state index >= 15 is 0 Å². The van der Waals surface area contributed by atoms with Gasteiger partial charge in [0.15, 0.2) is 0 Å². The van der Waals surface area contributed by atoms with Crippen LogP contribution in [0.4, 0.5) is 0 Å². The molecule has 1 heterocycles. The molecule has 0 N–H and O–H groups in total. The van der Waals surface area contributed by atoms with Crippen LogP contribution in [0, 0.1) is 5.92 Å². The molecule has 0 saturated heterocycles. The van der Waals surface area contributed by atoms with Gasteiger partial charge in [-0.25, -0.2) is 9.97 Å². The lowest BCUT2D eigenvalue weighted by Gasteiger charge is -2.20. The number of nitrogens with zero attached hydrogens (tertiary/aromatic N) is 2. The highest BCUT2D eigenvalue weighted by atomic mass is 79.9. The predicted molar refractivity (Wildman–Crippen MR) is 76.6 cm³/mol. The lowest BCUT2D eigenvalue weighted by molar-refractivity contribution is 0.543. The van der Waals surface area contributed by atoms with Gasteiger partial charge in [0.25, 0.3) is 0 Å². The lowest BCUT2D eigenvalue weighted by Crippen LogP contribution is -2.17. The van der Waals surface area contributed by atoms with Crippen molar-refractivity contribution in [3.05, 3.63) is 21.1 Å². The van der Waals surface area contributed by atoms with Crippen molar-refractivity contribution in [1.29, 1.82) is 0 Å². The van der Waals surface area contributed by atoms with Crippen molar-refractivity contribution < 1.29 is 0 Å². The molecule has 1 aromatic rings. The van der Waals surface area contributed by atoms with Crippen LogP contribution in [0.1, 0.15) is 52.6 Å². The summed E-state index contributed by atoms with van der Waals surface area (Å²) in [5, 5.41) is 0.517. The van der Waals surface area contributed by atoms with Crippen molar-refractivity contribution >= 4 is 27.5 Å². The number of aromatic nitrogens is 2. The number of rotatable bonds is 3. The largest absolute Gasteiger partial charge is 0.236 e. The molecule has 96 valence electrons. The monoisotopic (exact) mass is 318 g/mol. The topological polar surface area (TPSA) is 25.8 Å². The SMILES string of the molecule is CC(C)CCc1nc(Cl)c(Br)c(C(C)(C)C)n1. The Bertz CT molecular complexity index is 397. The van der Waals surface area contributed by atoms with Crippen LogP contribution >= 0.6 is 27.5 Å². The van der Waals surface area contributed by atoms with Crippen LogP contribution in [0.25, 0.3) is 0 Å². The Hall–Kier alpha value is -0.150. The minimum Gasteiger partial charge on any atom is -0.236 e. The molecule has 17 heavy (non-hydrogen) atoms. The van der Waals surface area contributed by atoms with E-state index in [0.29, 0.717) is 11.1 Å². The molecule has 0 atom stereocenters.